The number of nitrogens with one attached hydrogen (secondary N) is 1. The Bertz CT molecular complexity index is 1350. The molecule has 0 bridgehead atoms. The average molecular weight is 429 g/mol. The molecule has 1 aliphatic rings. The number of aromatic nitrogens is 5. The molecule has 5 rings (SSSR count). The number of benzene rings is 2. The summed E-state index contributed by atoms with van der Waals surface area (Å²) >= 11 is 0. The maximum absolute atomic E-state index is 13.4. The van der Waals surface area contributed by atoms with E-state index in [2.05, 4.69) is 83.4 Å². The van der Waals surface area contributed by atoms with Crippen molar-refractivity contribution in [1.29, 1.82) is 0 Å². The van der Waals surface area contributed by atoms with Gasteiger partial charge < -0.3 is 9.88 Å². The SMILES string of the molecule is CCc1ccc2[nH]c(=O)c([C@@H](c3nnnn3C(C)(C)C)N3CCc4ccccc43)cc2c1. The van der Waals surface area contributed by atoms with Gasteiger partial charge in [-0.2, -0.15) is 0 Å². The number of aromatic amines is 1. The van der Waals surface area contributed by atoms with Crippen LogP contribution >= 0.6 is 0 Å². The summed E-state index contributed by atoms with van der Waals surface area (Å²) in [6.45, 7) is 9.14. The Kier molecular flexibility index (Phi) is 4.84. The fourth-order valence-electron chi connectivity index (χ4n) is 4.62. The van der Waals surface area contributed by atoms with Gasteiger partial charge in [0, 0.05) is 23.3 Å². The van der Waals surface area contributed by atoms with E-state index >= 15 is 0 Å². The molecule has 164 valence electrons. The van der Waals surface area contributed by atoms with Crippen molar-refractivity contribution in [2.24, 2.45) is 0 Å². The molecule has 7 heteroatoms. The number of H-pyrrole nitrogens is 1. The van der Waals surface area contributed by atoms with Crippen LogP contribution in [0, 0.1) is 0 Å². The fourth-order valence-corrected chi connectivity index (χ4v) is 4.62. The van der Waals surface area contributed by atoms with Crippen LogP contribution in [0.5, 0.6) is 0 Å². The molecule has 32 heavy (non-hydrogen) atoms. The summed E-state index contributed by atoms with van der Waals surface area (Å²) in [5, 5.41) is 13.8. The van der Waals surface area contributed by atoms with Crippen LogP contribution in [0.1, 0.15) is 56.3 Å². The Labute approximate surface area is 187 Å². The van der Waals surface area contributed by atoms with E-state index in [0.29, 0.717) is 11.4 Å². The van der Waals surface area contributed by atoms with E-state index in [-0.39, 0.29) is 11.1 Å². The number of rotatable bonds is 4. The lowest BCUT2D eigenvalue weighted by molar-refractivity contribution is 0.329. The molecule has 7 nitrogen and oxygen atoms in total. The van der Waals surface area contributed by atoms with Gasteiger partial charge in [0.2, 0.25) is 0 Å². The zero-order valence-electron chi connectivity index (χ0n) is 19.0. The number of nitrogens with zero attached hydrogens (tertiary/aromatic N) is 5. The van der Waals surface area contributed by atoms with Crippen molar-refractivity contribution in [3.05, 3.63) is 81.4 Å². The first-order chi connectivity index (χ1) is 15.4. The molecule has 0 spiro atoms. The van der Waals surface area contributed by atoms with Crippen LogP contribution in [-0.4, -0.2) is 31.7 Å². The van der Waals surface area contributed by atoms with E-state index in [1.807, 2.05) is 22.9 Å². The van der Waals surface area contributed by atoms with Crippen LogP contribution in [0.25, 0.3) is 10.9 Å². The van der Waals surface area contributed by atoms with Crippen molar-refractivity contribution in [1.82, 2.24) is 25.2 Å². The Morgan fingerprint density at radius 1 is 1.12 bits per heavy atom. The molecule has 1 atom stereocenters. The van der Waals surface area contributed by atoms with Gasteiger partial charge in [-0.05, 0) is 84.8 Å². The van der Waals surface area contributed by atoms with Gasteiger partial charge in [-0.15, -0.1) is 5.10 Å². The van der Waals surface area contributed by atoms with Crippen molar-refractivity contribution in [2.75, 3.05) is 11.4 Å². The molecule has 2 aromatic carbocycles. The largest absolute Gasteiger partial charge is 0.357 e. The van der Waals surface area contributed by atoms with E-state index in [1.165, 1.54) is 11.1 Å². The second-order valence-electron chi connectivity index (χ2n) is 9.42. The lowest BCUT2D eigenvalue weighted by Gasteiger charge is -2.31. The first-order valence-corrected chi connectivity index (χ1v) is 11.2. The molecule has 2 aromatic heterocycles. The highest BCUT2D eigenvalue weighted by molar-refractivity contribution is 5.80. The monoisotopic (exact) mass is 428 g/mol. The van der Waals surface area contributed by atoms with Crippen LogP contribution in [0.2, 0.25) is 0 Å². The zero-order valence-corrected chi connectivity index (χ0v) is 19.0. The lowest BCUT2D eigenvalue weighted by atomic mass is 10.0. The summed E-state index contributed by atoms with van der Waals surface area (Å²) < 4.78 is 1.84. The molecule has 0 unspecified atom stereocenters. The summed E-state index contributed by atoms with van der Waals surface area (Å²) in [5.74, 6) is 0.672. The minimum atomic E-state index is -0.397. The normalized spacial score (nSPS) is 14.7. The molecule has 0 saturated heterocycles. The highest BCUT2D eigenvalue weighted by atomic mass is 16.1. The Morgan fingerprint density at radius 2 is 1.94 bits per heavy atom. The topological polar surface area (TPSA) is 79.7 Å². The van der Waals surface area contributed by atoms with Gasteiger partial charge in [-0.3, -0.25) is 4.79 Å². The highest BCUT2D eigenvalue weighted by Crippen LogP contribution is 2.38. The van der Waals surface area contributed by atoms with E-state index in [1.54, 1.807) is 0 Å². The van der Waals surface area contributed by atoms with Crippen LogP contribution in [0.3, 0.4) is 0 Å². The summed E-state index contributed by atoms with van der Waals surface area (Å²) in [6, 6.07) is 16.2. The Morgan fingerprint density at radius 3 is 2.72 bits per heavy atom. The van der Waals surface area contributed by atoms with Crippen LogP contribution in [0.15, 0.2) is 53.3 Å². The minimum absolute atomic E-state index is 0.111. The third-order valence-electron chi connectivity index (χ3n) is 6.25. The predicted molar refractivity (Wildman–Crippen MR) is 126 cm³/mol. The summed E-state index contributed by atoms with van der Waals surface area (Å²) in [4.78, 5) is 18.8. The minimum Gasteiger partial charge on any atom is -0.357 e. The average Bonchev–Trinajstić information content (AvgIpc) is 3.42. The predicted octanol–water partition coefficient (Wildman–Crippen LogP) is 3.98. The van der Waals surface area contributed by atoms with Gasteiger partial charge in [0.25, 0.3) is 5.56 Å². The van der Waals surface area contributed by atoms with E-state index in [9.17, 15) is 4.79 Å². The summed E-state index contributed by atoms with van der Waals surface area (Å²) in [5.41, 5.74) is 4.70. The molecule has 1 N–H and O–H groups in total. The quantitative estimate of drug-likeness (QED) is 0.532. The molecule has 0 amide bonds. The number of anilines is 1. The van der Waals surface area contributed by atoms with Gasteiger partial charge in [-0.25, -0.2) is 4.68 Å². The highest BCUT2D eigenvalue weighted by Gasteiger charge is 2.36. The smallest absolute Gasteiger partial charge is 0.254 e. The zero-order chi connectivity index (χ0) is 22.5. The van der Waals surface area contributed by atoms with Gasteiger partial charge >= 0.3 is 0 Å². The number of hydrogen-bond acceptors (Lipinski definition) is 5. The van der Waals surface area contributed by atoms with E-state index < -0.39 is 6.04 Å². The van der Waals surface area contributed by atoms with E-state index in [4.69, 9.17) is 0 Å². The molecule has 0 aliphatic carbocycles. The van der Waals surface area contributed by atoms with Crippen molar-refractivity contribution >= 4 is 16.6 Å². The Balaban J connectivity index is 1.76. The molecule has 4 aromatic rings. The first kappa shape index (κ1) is 20.4. The maximum Gasteiger partial charge on any atom is 0.254 e. The number of aryl methyl sites for hydroxylation is 1. The van der Waals surface area contributed by atoms with Gasteiger partial charge in [0.05, 0.1) is 5.54 Å². The number of pyridine rings is 1. The molecule has 0 fully saturated rings. The number of hydrogen-bond donors (Lipinski definition) is 1. The molecule has 0 saturated carbocycles. The first-order valence-electron chi connectivity index (χ1n) is 11.2. The van der Waals surface area contributed by atoms with E-state index in [0.717, 1.165) is 36.0 Å². The summed E-state index contributed by atoms with van der Waals surface area (Å²) in [6.07, 6.45) is 1.87. The fraction of sp³-hybridized carbons (Fsp3) is 0.360. The molecular formula is C25H28N6O. The standard InChI is InChI=1S/C25H28N6O/c1-5-16-10-11-20-18(14-16)15-19(24(32)26-20)22(23-27-28-29-31(23)25(2,3)4)30-13-12-17-8-6-7-9-21(17)30/h6-11,14-15,22H,5,12-13H2,1-4H3,(H,26,32)/t22-/m0/s1. The van der Waals surface area contributed by atoms with Crippen molar-refractivity contribution < 1.29 is 0 Å². The number of para-hydroxylation sites is 1. The van der Waals surface area contributed by atoms with Crippen molar-refractivity contribution in [3.63, 3.8) is 0 Å². The van der Waals surface area contributed by atoms with Crippen LogP contribution in [0.4, 0.5) is 5.69 Å². The van der Waals surface area contributed by atoms with Crippen molar-refractivity contribution in [3.8, 4) is 0 Å². The van der Waals surface area contributed by atoms with Crippen molar-refractivity contribution in [2.45, 2.75) is 52.1 Å². The third-order valence-corrected chi connectivity index (χ3v) is 6.25. The molecule has 1 aliphatic heterocycles. The van der Waals surface area contributed by atoms with Gasteiger partial charge in [0.1, 0.15) is 6.04 Å². The second-order valence-corrected chi connectivity index (χ2v) is 9.42. The molecule has 0 radical (unpaired) electrons. The number of tetrazole rings is 1. The van der Waals surface area contributed by atoms with Gasteiger partial charge in [-0.1, -0.05) is 31.2 Å². The molecular weight excluding hydrogens is 400 g/mol. The lowest BCUT2D eigenvalue weighted by Crippen LogP contribution is -2.37. The number of fused-ring (bicyclic) bond motifs is 2. The molecule has 3 heterocycles. The Hall–Kier alpha value is -3.48. The second kappa shape index (κ2) is 7.58. The van der Waals surface area contributed by atoms with Crippen LogP contribution < -0.4 is 10.5 Å². The van der Waals surface area contributed by atoms with Gasteiger partial charge in [0.15, 0.2) is 5.82 Å². The van der Waals surface area contributed by atoms with Crippen LogP contribution in [-0.2, 0) is 18.4 Å². The summed E-state index contributed by atoms with van der Waals surface area (Å²) in [7, 11) is 0. The maximum atomic E-state index is 13.4. The third kappa shape index (κ3) is 3.38.